The summed E-state index contributed by atoms with van der Waals surface area (Å²) >= 11 is 0. The van der Waals surface area contributed by atoms with Gasteiger partial charge in [0.15, 0.2) is 11.6 Å². The second kappa shape index (κ2) is 10.2. The van der Waals surface area contributed by atoms with Crippen molar-refractivity contribution in [2.75, 3.05) is 12.0 Å². The molecule has 3 aliphatic carbocycles. The van der Waals surface area contributed by atoms with Crippen LogP contribution in [0.2, 0.25) is 0 Å². The molecule has 1 N–H and O–H groups in total. The number of aromatic hydroxyl groups is 1. The quantitative estimate of drug-likeness (QED) is 0.191. The van der Waals surface area contributed by atoms with E-state index >= 15 is 0 Å². The third-order valence-corrected chi connectivity index (χ3v) is 8.92. The largest absolute Gasteiger partial charge is 0.508 e. The number of Topliss-reactive ketones (excluding diaryl/α,β-unsaturated/α-hetero) is 1. The molecule has 1 heterocycles. The summed E-state index contributed by atoms with van der Waals surface area (Å²) < 4.78 is 87.2. The molecule has 0 radical (unpaired) electrons. The average Bonchev–Trinajstić information content (AvgIpc) is 3.23. The smallest absolute Gasteiger partial charge is 0.416 e. The zero-order valence-corrected chi connectivity index (χ0v) is 23.5. The lowest BCUT2D eigenvalue weighted by molar-refractivity contribution is -0.143. The number of amides is 2. The van der Waals surface area contributed by atoms with E-state index < -0.39 is 76.2 Å². The third-order valence-electron chi connectivity index (χ3n) is 8.92. The zero-order valence-electron chi connectivity index (χ0n) is 23.5. The van der Waals surface area contributed by atoms with Gasteiger partial charge in [-0.15, -0.1) is 0 Å². The highest BCUT2D eigenvalue weighted by molar-refractivity contribution is 6.25. The summed E-state index contributed by atoms with van der Waals surface area (Å²) in [6.45, 7) is 1.45. The minimum Gasteiger partial charge on any atom is -0.508 e. The van der Waals surface area contributed by atoms with Gasteiger partial charge in [0, 0.05) is 34.3 Å². The van der Waals surface area contributed by atoms with Gasteiger partial charge in [0.25, 0.3) is 0 Å². The van der Waals surface area contributed by atoms with Gasteiger partial charge in [-0.25, -0.2) is 4.90 Å². The topological polar surface area (TPSA) is 101 Å². The van der Waals surface area contributed by atoms with E-state index in [4.69, 9.17) is 4.74 Å². The molecule has 0 saturated carbocycles. The number of phenolic OH excluding ortho intramolecular Hbond substituents is 1. The van der Waals surface area contributed by atoms with Crippen molar-refractivity contribution in [3.8, 4) is 11.5 Å². The molecule has 6 rings (SSSR count). The number of imide groups is 1. The lowest BCUT2D eigenvalue weighted by Gasteiger charge is -2.42. The molecule has 4 unspecified atom stereocenters. The van der Waals surface area contributed by atoms with Crippen molar-refractivity contribution < 1.29 is 55.4 Å². The van der Waals surface area contributed by atoms with Gasteiger partial charge in [0.2, 0.25) is 11.8 Å². The van der Waals surface area contributed by atoms with Crippen LogP contribution in [0.25, 0.3) is 0 Å². The molecule has 13 heteroatoms. The molecule has 1 fully saturated rings. The number of rotatable bonds is 3. The van der Waals surface area contributed by atoms with Crippen LogP contribution in [0.15, 0.2) is 70.8 Å². The van der Waals surface area contributed by atoms with Gasteiger partial charge in [0.1, 0.15) is 11.5 Å². The van der Waals surface area contributed by atoms with Crippen LogP contribution >= 0.6 is 0 Å². The van der Waals surface area contributed by atoms with Gasteiger partial charge in [-0.05, 0) is 56.0 Å². The molecule has 234 valence electrons. The normalized spacial score (nSPS) is 25.1. The number of phenols is 1. The van der Waals surface area contributed by atoms with Crippen molar-refractivity contribution in [3.05, 3.63) is 87.5 Å². The number of carbonyl (C=O) groups is 4. The molecule has 4 aliphatic rings. The van der Waals surface area contributed by atoms with Crippen molar-refractivity contribution in [2.45, 2.75) is 38.0 Å². The zero-order chi connectivity index (χ0) is 32.7. The standard InChI is InChI=1S/C32H23F6NO6/c1-13-7-23(41)27-22(28(13)42)12-21-18(25(27)19-4-3-17(40)11-24(19)45-2)5-6-20-26(21)30(44)39(29(20)43)16-9-14(31(33,34)35)8-15(10-16)32(36,37)38/h3-5,7-11,20-21,25-26,40H,6,12H2,1-2H3. The van der Waals surface area contributed by atoms with Crippen molar-refractivity contribution in [2.24, 2.45) is 17.8 Å². The minimum atomic E-state index is -5.20. The van der Waals surface area contributed by atoms with E-state index in [2.05, 4.69) is 0 Å². The predicted molar refractivity (Wildman–Crippen MR) is 145 cm³/mol. The second-order valence-electron chi connectivity index (χ2n) is 11.4. The van der Waals surface area contributed by atoms with Crippen molar-refractivity contribution in [1.29, 1.82) is 0 Å². The molecule has 1 saturated heterocycles. The van der Waals surface area contributed by atoms with Gasteiger partial charge in [-0.3, -0.25) is 19.2 Å². The Labute approximate surface area is 251 Å². The van der Waals surface area contributed by atoms with Crippen molar-refractivity contribution in [3.63, 3.8) is 0 Å². The summed E-state index contributed by atoms with van der Waals surface area (Å²) in [7, 11) is 1.33. The number of fused-ring (bicyclic) bond motifs is 3. The Kier molecular flexibility index (Phi) is 6.86. The summed E-state index contributed by atoms with van der Waals surface area (Å²) in [4.78, 5) is 54.8. The number of ketones is 2. The van der Waals surface area contributed by atoms with Gasteiger partial charge < -0.3 is 9.84 Å². The number of hydrogen-bond acceptors (Lipinski definition) is 6. The first kappa shape index (κ1) is 30.4. The number of ether oxygens (including phenoxy) is 1. The lowest BCUT2D eigenvalue weighted by Crippen LogP contribution is -2.40. The molecule has 0 spiro atoms. The molecule has 0 aromatic heterocycles. The highest BCUT2D eigenvalue weighted by Crippen LogP contribution is 2.57. The number of nitrogens with zero attached hydrogens (tertiary/aromatic N) is 1. The minimum absolute atomic E-state index is 0.0897. The van der Waals surface area contributed by atoms with E-state index in [-0.39, 0.29) is 47.1 Å². The van der Waals surface area contributed by atoms with E-state index in [0.717, 1.165) is 0 Å². The Morgan fingerprint density at radius 2 is 1.53 bits per heavy atom. The molecular formula is C32H23F6NO6. The maximum absolute atomic E-state index is 14.0. The molecule has 45 heavy (non-hydrogen) atoms. The monoisotopic (exact) mass is 631 g/mol. The van der Waals surface area contributed by atoms with Crippen LogP contribution in [0.5, 0.6) is 11.5 Å². The van der Waals surface area contributed by atoms with E-state index in [1.54, 1.807) is 6.08 Å². The lowest BCUT2D eigenvalue weighted by atomic mass is 9.59. The highest BCUT2D eigenvalue weighted by atomic mass is 19.4. The third kappa shape index (κ3) is 4.75. The first-order valence-electron chi connectivity index (χ1n) is 13.8. The molecule has 2 aromatic rings. The number of methoxy groups -OCH3 is 1. The summed E-state index contributed by atoms with van der Waals surface area (Å²) in [6, 6.07) is 4.73. The maximum Gasteiger partial charge on any atom is 0.416 e. The molecule has 2 amide bonds. The van der Waals surface area contributed by atoms with Gasteiger partial charge >= 0.3 is 12.4 Å². The van der Waals surface area contributed by atoms with Crippen LogP contribution in [-0.4, -0.2) is 35.6 Å². The van der Waals surface area contributed by atoms with Gasteiger partial charge in [-0.1, -0.05) is 17.7 Å². The number of benzene rings is 2. The van der Waals surface area contributed by atoms with Crippen LogP contribution in [0.1, 0.15) is 42.4 Å². The number of carbonyl (C=O) groups excluding carboxylic acids is 4. The molecule has 2 aromatic carbocycles. The Balaban J connectivity index is 1.49. The Morgan fingerprint density at radius 3 is 2.13 bits per heavy atom. The Hall–Kier alpha value is -4.68. The summed E-state index contributed by atoms with van der Waals surface area (Å²) in [5.74, 6) is -7.09. The summed E-state index contributed by atoms with van der Waals surface area (Å²) in [5, 5.41) is 10.1. The van der Waals surface area contributed by atoms with Gasteiger partial charge in [-0.2, -0.15) is 26.3 Å². The van der Waals surface area contributed by atoms with E-state index in [9.17, 15) is 50.6 Å². The van der Waals surface area contributed by atoms with Crippen LogP contribution < -0.4 is 9.64 Å². The molecule has 0 bridgehead atoms. The van der Waals surface area contributed by atoms with Crippen LogP contribution in [0.4, 0.5) is 32.0 Å². The number of anilines is 1. The fourth-order valence-corrected chi connectivity index (χ4v) is 7.00. The fourth-order valence-electron chi connectivity index (χ4n) is 7.00. The number of allylic oxidation sites excluding steroid dienone is 6. The van der Waals surface area contributed by atoms with Crippen molar-refractivity contribution >= 4 is 29.1 Å². The van der Waals surface area contributed by atoms with Crippen LogP contribution in [0.3, 0.4) is 0 Å². The molecule has 7 nitrogen and oxygen atoms in total. The fraction of sp³-hybridized carbons (Fsp3) is 0.312. The number of hydrogen-bond donors (Lipinski definition) is 1. The first-order valence-corrected chi connectivity index (χ1v) is 13.8. The van der Waals surface area contributed by atoms with Gasteiger partial charge in [0.05, 0.1) is 35.8 Å². The average molecular weight is 632 g/mol. The summed E-state index contributed by atoms with van der Waals surface area (Å²) in [6.07, 6.45) is -7.82. The van der Waals surface area contributed by atoms with Crippen molar-refractivity contribution in [1.82, 2.24) is 0 Å². The van der Waals surface area contributed by atoms with E-state index in [0.29, 0.717) is 28.2 Å². The predicted octanol–water partition coefficient (Wildman–Crippen LogP) is 6.07. The van der Waals surface area contributed by atoms with E-state index in [1.165, 1.54) is 38.3 Å². The Bertz CT molecular complexity index is 1770. The SMILES string of the molecule is COc1cc(O)ccc1C1C2=CCC3C(=O)N(c4cc(C(F)(F)F)cc(C(F)(F)F)c4)C(=O)C3C2CC2=C1C(=O)C=C(C)C2=O. The molecular weight excluding hydrogens is 608 g/mol. The highest BCUT2D eigenvalue weighted by Gasteiger charge is 2.57. The Morgan fingerprint density at radius 1 is 0.889 bits per heavy atom. The molecule has 1 aliphatic heterocycles. The second-order valence-corrected chi connectivity index (χ2v) is 11.4. The first-order chi connectivity index (χ1) is 21.0. The van der Waals surface area contributed by atoms with Crippen LogP contribution in [0, 0.1) is 17.8 Å². The van der Waals surface area contributed by atoms with Crippen LogP contribution in [-0.2, 0) is 31.5 Å². The maximum atomic E-state index is 14.0. The van der Waals surface area contributed by atoms with E-state index in [1.807, 2.05) is 0 Å². The summed E-state index contributed by atoms with van der Waals surface area (Å²) in [5.41, 5.74) is -2.97. The number of halogens is 6. The number of alkyl halides is 6. The molecule has 4 atom stereocenters.